The second-order valence-corrected chi connectivity index (χ2v) is 4.28. The lowest BCUT2D eigenvalue weighted by Crippen LogP contribution is -1.92. The molecule has 15 heavy (non-hydrogen) atoms. The van der Waals surface area contributed by atoms with Crippen LogP contribution in [0, 0.1) is 13.8 Å². The molecule has 0 unspecified atom stereocenters. The van der Waals surface area contributed by atoms with E-state index >= 15 is 0 Å². The SMILES string of the molecule is Cc1nn(C)c(C)c1Oc1ncc(N)s1. The van der Waals surface area contributed by atoms with E-state index in [4.69, 9.17) is 10.5 Å². The molecule has 0 fully saturated rings. The highest BCUT2D eigenvalue weighted by molar-refractivity contribution is 7.17. The van der Waals surface area contributed by atoms with Gasteiger partial charge in [-0.1, -0.05) is 11.3 Å². The Labute approximate surface area is 91.5 Å². The van der Waals surface area contributed by atoms with E-state index in [1.54, 1.807) is 10.9 Å². The quantitative estimate of drug-likeness (QED) is 0.845. The van der Waals surface area contributed by atoms with Crippen LogP contribution in [0.25, 0.3) is 0 Å². The largest absolute Gasteiger partial charge is 0.427 e. The zero-order chi connectivity index (χ0) is 11.0. The van der Waals surface area contributed by atoms with Gasteiger partial charge in [-0.25, -0.2) is 4.98 Å². The Morgan fingerprint density at radius 1 is 1.47 bits per heavy atom. The molecule has 6 heteroatoms. The standard InChI is InChI=1S/C9H12N4OS/c1-5-8(6(2)13(3)12-5)14-9-11-4-7(10)15-9/h4H,10H2,1-3H3. The zero-order valence-corrected chi connectivity index (χ0v) is 9.63. The molecule has 2 aromatic rings. The Balaban J connectivity index is 2.31. The third-order valence-corrected chi connectivity index (χ3v) is 2.84. The molecule has 0 aromatic carbocycles. The molecule has 2 heterocycles. The highest BCUT2D eigenvalue weighted by atomic mass is 32.1. The van der Waals surface area contributed by atoms with Gasteiger partial charge in [0.1, 0.15) is 10.7 Å². The van der Waals surface area contributed by atoms with Crippen molar-refractivity contribution in [2.24, 2.45) is 7.05 Å². The van der Waals surface area contributed by atoms with Crippen molar-refractivity contribution in [3.8, 4) is 10.9 Å². The summed E-state index contributed by atoms with van der Waals surface area (Å²) < 4.78 is 7.41. The van der Waals surface area contributed by atoms with Crippen LogP contribution in [0.5, 0.6) is 10.9 Å². The number of aromatic nitrogens is 3. The summed E-state index contributed by atoms with van der Waals surface area (Å²) in [7, 11) is 1.88. The van der Waals surface area contributed by atoms with Crippen LogP contribution in [-0.2, 0) is 7.05 Å². The minimum absolute atomic E-state index is 0.548. The van der Waals surface area contributed by atoms with Crippen molar-refractivity contribution >= 4 is 16.3 Å². The van der Waals surface area contributed by atoms with E-state index in [0.717, 1.165) is 17.1 Å². The van der Waals surface area contributed by atoms with Crippen molar-refractivity contribution in [3.05, 3.63) is 17.6 Å². The molecule has 0 saturated carbocycles. The van der Waals surface area contributed by atoms with Crippen LogP contribution in [0.3, 0.4) is 0 Å². The summed E-state index contributed by atoms with van der Waals surface area (Å²) in [5.74, 6) is 0.756. The van der Waals surface area contributed by atoms with Gasteiger partial charge in [0.2, 0.25) is 0 Å². The van der Waals surface area contributed by atoms with Gasteiger partial charge in [-0.3, -0.25) is 4.68 Å². The van der Waals surface area contributed by atoms with Gasteiger partial charge in [0.05, 0.1) is 11.9 Å². The summed E-state index contributed by atoms with van der Waals surface area (Å²) in [5, 5.41) is 5.44. The van der Waals surface area contributed by atoms with Gasteiger partial charge in [-0.05, 0) is 13.8 Å². The fourth-order valence-electron chi connectivity index (χ4n) is 1.31. The Morgan fingerprint density at radius 3 is 2.67 bits per heavy atom. The summed E-state index contributed by atoms with van der Waals surface area (Å²) in [6, 6.07) is 0. The minimum Gasteiger partial charge on any atom is -0.427 e. The topological polar surface area (TPSA) is 66.0 Å². The zero-order valence-electron chi connectivity index (χ0n) is 8.81. The summed E-state index contributed by atoms with van der Waals surface area (Å²) in [5.41, 5.74) is 7.39. The number of nitrogen functional groups attached to an aromatic ring is 1. The minimum atomic E-state index is 0.548. The van der Waals surface area contributed by atoms with Gasteiger partial charge in [0.15, 0.2) is 5.75 Å². The Morgan fingerprint density at radius 2 is 2.20 bits per heavy atom. The number of nitrogens with zero attached hydrogens (tertiary/aromatic N) is 3. The third-order valence-electron chi connectivity index (χ3n) is 2.13. The first-order valence-corrected chi connectivity index (χ1v) is 5.29. The third kappa shape index (κ3) is 1.80. The van der Waals surface area contributed by atoms with Crippen LogP contribution in [0.15, 0.2) is 6.20 Å². The first kappa shape index (κ1) is 9.97. The van der Waals surface area contributed by atoms with Crippen LogP contribution < -0.4 is 10.5 Å². The number of aryl methyl sites for hydroxylation is 2. The van der Waals surface area contributed by atoms with Gasteiger partial charge < -0.3 is 10.5 Å². The second kappa shape index (κ2) is 3.54. The summed E-state index contributed by atoms with van der Waals surface area (Å²) in [6.45, 7) is 3.85. The Hall–Kier alpha value is -1.56. The molecule has 0 saturated heterocycles. The predicted octanol–water partition coefficient (Wildman–Crippen LogP) is 1.87. The number of hydrogen-bond acceptors (Lipinski definition) is 5. The second-order valence-electron chi connectivity index (χ2n) is 3.25. The molecule has 0 aliphatic carbocycles. The molecule has 2 N–H and O–H groups in total. The molecule has 0 spiro atoms. The van der Waals surface area contributed by atoms with E-state index in [0.29, 0.717) is 10.2 Å². The molecule has 0 aliphatic rings. The maximum atomic E-state index is 5.63. The van der Waals surface area contributed by atoms with Crippen LogP contribution in [-0.4, -0.2) is 14.8 Å². The number of anilines is 1. The summed E-state index contributed by atoms with van der Waals surface area (Å²) >= 11 is 1.32. The van der Waals surface area contributed by atoms with Crippen LogP contribution >= 0.6 is 11.3 Å². The lowest BCUT2D eigenvalue weighted by atomic mass is 10.3. The van der Waals surface area contributed by atoms with Crippen molar-refractivity contribution in [1.82, 2.24) is 14.8 Å². The number of hydrogen-bond donors (Lipinski definition) is 1. The van der Waals surface area contributed by atoms with E-state index < -0.39 is 0 Å². The van der Waals surface area contributed by atoms with Crippen molar-refractivity contribution in [3.63, 3.8) is 0 Å². The molecular weight excluding hydrogens is 212 g/mol. The van der Waals surface area contributed by atoms with E-state index in [2.05, 4.69) is 10.1 Å². The maximum absolute atomic E-state index is 5.63. The summed E-state index contributed by atoms with van der Waals surface area (Å²) in [6.07, 6.45) is 1.58. The highest BCUT2D eigenvalue weighted by Crippen LogP contribution is 2.31. The lowest BCUT2D eigenvalue weighted by Gasteiger charge is -2.00. The fourth-order valence-corrected chi connectivity index (χ4v) is 1.84. The van der Waals surface area contributed by atoms with Gasteiger partial charge in [0.25, 0.3) is 5.19 Å². The molecule has 0 amide bonds. The first-order chi connectivity index (χ1) is 7.08. The Kier molecular flexibility index (Phi) is 2.36. The first-order valence-electron chi connectivity index (χ1n) is 4.47. The van der Waals surface area contributed by atoms with E-state index in [9.17, 15) is 0 Å². The van der Waals surface area contributed by atoms with Crippen LogP contribution in [0.1, 0.15) is 11.4 Å². The van der Waals surface area contributed by atoms with Crippen LogP contribution in [0.2, 0.25) is 0 Å². The molecule has 80 valence electrons. The molecule has 0 aliphatic heterocycles. The molecule has 0 bridgehead atoms. The molecule has 2 aromatic heterocycles. The van der Waals surface area contributed by atoms with Crippen molar-refractivity contribution in [2.75, 3.05) is 5.73 Å². The molecular formula is C9H12N4OS. The average Bonchev–Trinajstić information content (AvgIpc) is 2.67. The van der Waals surface area contributed by atoms with Gasteiger partial charge in [0, 0.05) is 7.05 Å². The maximum Gasteiger partial charge on any atom is 0.280 e. The van der Waals surface area contributed by atoms with Crippen molar-refractivity contribution in [1.29, 1.82) is 0 Å². The van der Waals surface area contributed by atoms with E-state index in [1.807, 2.05) is 20.9 Å². The molecule has 2 rings (SSSR count). The smallest absolute Gasteiger partial charge is 0.280 e. The number of rotatable bonds is 2. The van der Waals surface area contributed by atoms with Gasteiger partial charge in [-0.15, -0.1) is 0 Å². The van der Waals surface area contributed by atoms with E-state index in [-0.39, 0.29) is 0 Å². The van der Waals surface area contributed by atoms with Crippen molar-refractivity contribution < 1.29 is 4.74 Å². The highest BCUT2D eigenvalue weighted by Gasteiger charge is 2.13. The number of ether oxygens (including phenoxy) is 1. The summed E-state index contributed by atoms with van der Waals surface area (Å²) in [4.78, 5) is 4.04. The molecule has 5 nitrogen and oxygen atoms in total. The van der Waals surface area contributed by atoms with Gasteiger partial charge >= 0.3 is 0 Å². The normalized spacial score (nSPS) is 10.6. The molecule has 0 radical (unpaired) electrons. The van der Waals surface area contributed by atoms with Crippen molar-refractivity contribution in [2.45, 2.75) is 13.8 Å². The lowest BCUT2D eigenvalue weighted by molar-refractivity contribution is 0.470. The average molecular weight is 224 g/mol. The van der Waals surface area contributed by atoms with Crippen LogP contribution in [0.4, 0.5) is 5.00 Å². The fraction of sp³-hybridized carbons (Fsp3) is 0.333. The van der Waals surface area contributed by atoms with Gasteiger partial charge in [-0.2, -0.15) is 5.10 Å². The predicted molar refractivity (Wildman–Crippen MR) is 59.3 cm³/mol. The number of thiazole rings is 1. The molecule has 0 atom stereocenters. The van der Waals surface area contributed by atoms with E-state index in [1.165, 1.54) is 11.3 Å². The Bertz CT molecular complexity index is 488. The monoisotopic (exact) mass is 224 g/mol. The number of nitrogens with two attached hydrogens (primary N) is 1.